The van der Waals surface area contributed by atoms with E-state index >= 15 is 0 Å². The Labute approximate surface area is 347 Å². The molecule has 0 spiro atoms. The van der Waals surface area contributed by atoms with Crippen LogP contribution in [0.5, 0.6) is 46.0 Å². The zero-order valence-corrected chi connectivity index (χ0v) is 38.4. The summed E-state index contributed by atoms with van der Waals surface area (Å²) in [6.45, 7) is 35.6. The molecule has 0 atom stereocenters. The summed E-state index contributed by atoms with van der Waals surface area (Å²) in [5.41, 5.74) is 2.56. The number of phenolic OH excluding ortho intramolecular Hbond substituents is 8. The monoisotopic (exact) mass is 801 g/mol. The highest BCUT2D eigenvalue weighted by atomic mass is 16.3. The summed E-state index contributed by atoms with van der Waals surface area (Å²) in [5, 5.41) is 86.1. The third-order valence-corrected chi connectivity index (χ3v) is 10.8. The van der Waals surface area contributed by atoms with Crippen molar-refractivity contribution < 1.29 is 40.9 Å². The Balaban J connectivity index is 0.000000310. The van der Waals surface area contributed by atoms with E-state index in [0.717, 1.165) is 0 Å². The second-order valence-corrected chi connectivity index (χ2v) is 22.3. The van der Waals surface area contributed by atoms with Gasteiger partial charge in [-0.2, -0.15) is 0 Å². The molecule has 4 rings (SSSR count). The molecule has 4 aromatic rings. The van der Waals surface area contributed by atoms with Crippen LogP contribution in [0.4, 0.5) is 0 Å². The van der Waals surface area contributed by atoms with Crippen molar-refractivity contribution in [3.05, 3.63) is 93.0 Å². The summed E-state index contributed by atoms with van der Waals surface area (Å²) in [7, 11) is 0. The Kier molecular flexibility index (Phi) is 13.0. The van der Waals surface area contributed by atoms with Crippen LogP contribution in [0.15, 0.2) is 48.5 Å². The first kappa shape index (κ1) is 47.7. The van der Waals surface area contributed by atoms with Gasteiger partial charge in [0, 0.05) is 56.3 Å². The number of hydrogen-bond acceptors (Lipinski definition) is 8. The smallest absolute Gasteiger partial charge is 0.119 e. The first-order chi connectivity index (χ1) is 25.9. The summed E-state index contributed by atoms with van der Waals surface area (Å²) in [6, 6.07) is 12.7. The molecule has 4 aromatic carbocycles. The fraction of sp³-hybridized carbons (Fsp3) is 0.520. The van der Waals surface area contributed by atoms with E-state index in [0.29, 0.717) is 44.5 Å². The zero-order chi connectivity index (χ0) is 45.0. The third-order valence-electron chi connectivity index (χ3n) is 10.8. The predicted molar refractivity (Wildman–Crippen MR) is 236 cm³/mol. The molecule has 0 aliphatic heterocycles. The molecule has 0 aromatic heterocycles. The molecule has 0 fully saturated rings. The van der Waals surface area contributed by atoms with Crippen LogP contribution < -0.4 is 0 Å². The molecule has 8 N–H and O–H groups in total. The van der Waals surface area contributed by atoms with Crippen LogP contribution in [-0.2, 0) is 21.7 Å². The molecule has 0 radical (unpaired) electrons. The Morgan fingerprint density at radius 2 is 0.414 bits per heavy atom. The third kappa shape index (κ3) is 10.5. The quantitative estimate of drug-likeness (QED) is 0.0946. The van der Waals surface area contributed by atoms with E-state index in [1.807, 2.05) is 125 Å². The van der Waals surface area contributed by atoms with Gasteiger partial charge in [-0.25, -0.2) is 0 Å². The molecule has 0 aliphatic carbocycles. The van der Waals surface area contributed by atoms with Gasteiger partial charge in [-0.15, -0.1) is 0 Å². The Hall–Kier alpha value is -4.72. The van der Waals surface area contributed by atoms with E-state index in [-0.39, 0.29) is 67.7 Å². The first-order valence-corrected chi connectivity index (χ1v) is 20.1. The van der Waals surface area contributed by atoms with Gasteiger partial charge in [0.2, 0.25) is 0 Å². The van der Waals surface area contributed by atoms with Crippen LogP contribution in [0.1, 0.15) is 181 Å². The van der Waals surface area contributed by atoms with Crippen LogP contribution in [-0.4, -0.2) is 40.9 Å². The lowest BCUT2D eigenvalue weighted by Gasteiger charge is -2.34. The summed E-state index contributed by atoms with van der Waals surface area (Å²) < 4.78 is 0. The van der Waals surface area contributed by atoms with Crippen molar-refractivity contribution in [3.63, 3.8) is 0 Å². The number of hydrogen-bond donors (Lipinski definition) is 8. The average molecular weight is 801 g/mol. The molecule has 0 unspecified atom stereocenters. The lowest BCUT2D eigenvalue weighted by Crippen LogP contribution is -2.21. The van der Waals surface area contributed by atoms with Crippen molar-refractivity contribution in [2.75, 3.05) is 0 Å². The van der Waals surface area contributed by atoms with Crippen molar-refractivity contribution in [1.29, 1.82) is 0 Å². The van der Waals surface area contributed by atoms with Crippen molar-refractivity contribution in [3.8, 4) is 46.0 Å². The van der Waals surface area contributed by atoms with Crippen LogP contribution in [0.25, 0.3) is 0 Å². The minimum Gasteiger partial charge on any atom is -0.508 e. The highest BCUT2D eigenvalue weighted by Gasteiger charge is 2.37. The minimum absolute atomic E-state index is 0.0615. The van der Waals surface area contributed by atoms with Crippen LogP contribution >= 0.6 is 0 Å². The van der Waals surface area contributed by atoms with Gasteiger partial charge in [0.05, 0.1) is 0 Å². The maximum atomic E-state index is 10.9. The number of rotatable bonds is 4. The van der Waals surface area contributed by atoms with E-state index in [1.165, 1.54) is 0 Å². The molecule has 0 aliphatic rings. The van der Waals surface area contributed by atoms with Gasteiger partial charge in [0.1, 0.15) is 46.0 Å². The van der Waals surface area contributed by atoms with Crippen LogP contribution in [0.2, 0.25) is 0 Å². The maximum absolute atomic E-state index is 10.9. The van der Waals surface area contributed by atoms with E-state index in [9.17, 15) is 40.9 Å². The fourth-order valence-corrected chi connectivity index (χ4v) is 7.90. The second kappa shape index (κ2) is 15.8. The molecule has 320 valence electrons. The number of aromatic hydroxyl groups is 8. The van der Waals surface area contributed by atoms with Crippen molar-refractivity contribution in [2.45, 2.75) is 158 Å². The Bertz CT molecular complexity index is 1830. The van der Waals surface area contributed by atoms with Gasteiger partial charge in [0.15, 0.2) is 0 Å². The Morgan fingerprint density at radius 1 is 0.259 bits per heavy atom. The maximum Gasteiger partial charge on any atom is 0.119 e. The lowest BCUT2D eigenvalue weighted by molar-refractivity contribution is 0.333. The van der Waals surface area contributed by atoms with Crippen molar-refractivity contribution >= 4 is 0 Å². The van der Waals surface area contributed by atoms with Gasteiger partial charge in [-0.1, -0.05) is 125 Å². The zero-order valence-electron chi connectivity index (χ0n) is 38.4. The fourth-order valence-electron chi connectivity index (χ4n) is 7.90. The van der Waals surface area contributed by atoms with E-state index < -0.39 is 22.7 Å². The average Bonchev–Trinajstić information content (AvgIpc) is 3.00. The molecular formula is C50H72O8. The van der Waals surface area contributed by atoms with Gasteiger partial charge < -0.3 is 40.9 Å². The van der Waals surface area contributed by atoms with E-state index in [4.69, 9.17) is 0 Å². The second-order valence-electron chi connectivity index (χ2n) is 22.3. The van der Waals surface area contributed by atoms with Crippen molar-refractivity contribution in [2.24, 2.45) is 10.8 Å². The molecule has 8 nitrogen and oxygen atoms in total. The van der Waals surface area contributed by atoms with Crippen LogP contribution in [0.3, 0.4) is 0 Å². The SMILES string of the molecule is CC(C)(C)c1cc(O)c(C(c2cc(O)c(C(C)(C)C)cc2O)C(C)(C)C)cc1O.CC(C)(C)c1cc(O)c(C(c2cc(O)c(C(C)(C)C)cc2O)C(C)(C)C)cc1O. The predicted octanol–water partition coefficient (Wildman–Crippen LogP) is 12.6. The molecule has 0 amide bonds. The molecule has 8 heteroatoms. The molecule has 0 heterocycles. The molecule has 0 bridgehead atoms. The number of benzene rings is 4. The Morgan fingerprint density at radius 3 is 0.534 bits per heavy atom. The summed E-state index contributed by atoms with van der Waals surface area (Å²) in [5.74, 6) is -0.214. The minimum atomic E-state index is -0.442. The first-order valence-electron chi connectivity index (χ1n) is 20.1. The van der Waals surface area contributed by atoms with Crippen molar-refractivity contribution in [1.82, 2.24) is 0 Å². The van der Waals surface area contributed by atoms with E-state index in [2.05, 4.69) is 0 Å². The van der Waals surface area contributed by atoms with Crippen LogP contribution in [0, 0.1) is 10.8 Å². The van der Waals surface area contributed by atoms with Gasteiger partial charge in [-0.3, -0.25) is 0 Å². The lowest BCUT2D eigenvalue weighted by atomic mass is 9.70. The summed E-state index contributed by atoms with van der Waals surface area (Å²) in [6.07, 6.45) is 0. The molecule has 0 saturated carbocycles. The molecular weight excluding hydrogens is 729 g/mol. The number of phenols is 8. The normalized spacial score (nSPS) is 13.2. The highest BCUT2D eigenvalue weighted by Crippen LogP contribution is 2.52. The largest absolute Gasteiger partial charge is 0.508 e. The van der Waals surface area contributed by atoms with Gasteiger partial charge in [-0.05, 0) is 81.0 Å². The van der Waals surface area contributed by atoms with Gasteiger partial charge >= 0.3 is 0 Å². The summed E-state index contributed by atoms with van der Waals surface area (Å²) in [4.78, 5) is 0. The topological polar surface area (TPSA) is 162 Å². The molecule has 0 saturated heterocycles. The van der Waals surface area contributed by atoms with Gasteiger partial charge in [0.25, 0.3) is 0 Å². The van der Waals surface area contributed by atoms with E-state index in [1.54, 1.807) is 48.5 Å². The summed E-state index contributed by atoms with van der Waals surface area (Å²) >= 11 is 0. The molecule has 58 heavy (non-hydrogen) atoms. The standard InChI is InChI=1S/2C25H36O4/c2*1-23(2,3)16-12-18(26)14(10-20(16)28)22(25(7,8)9)15-11-21(29)17(13-19(15)27)24(4,5)6/h2*10-13,22,26-29H,1-9H3. The highest BCUT2D eigenvalue weighted by molar-refractivity contribution is 5.59.